The molecule has 4 nitrogen and oxygen atoms in total. The Morgan fingerprint density at radius 2 is 2.00 bits per heavy atom. The number of hydrogen-bond acceptors (Lipinski definition) is 3. The van der Waals surface area contributed by atoms with Crippen LogP contribution in [0.15, 0.2) is 12.1 Å². The number of halogens is 2. The lowest BCUT2D eigenvalue weighted by Gasteiger charge is -2.09. The van der Waals surface area contributed by atoms with Gasteiger partial charge in [-0.15, -0.1) is 0 Å². The molecule has 1 amide bonds. The third kappa shape index (κ3) is 3.89. The van der Waals surface area contributed by atoms with Gasteiger partial charge in [0.2, 0.25) is 0 Å². The second kappa shape index (κ2) is 5.97. The van der Waals surface area contributed by atoms with Crippen LogP contribution in [0.3, 0.4) is 0 Å². The van der Waals surface area contributed by atoms with E-state index in [9.17, 15) is 13.6 Å². The first-order valence-corrected chi connectivity index (χ1v) is 6.17. The van der Waals surface area contributed by atoms with Crippen molar-refractivity contribution in [3.63, 3.8) is 0 Å². The summed E-state index contributed by atoms with van der Waals surface area (Å²) in [6.07, 6.45) is 2.23. The summed E-state index contributed by atoms with van der Waals surface area (Å²) < 4.78 is 31.9. The van der Waals surface area contributed by atoms with Crippen molar-refractivity contribution in [2.75, 3.05) is 13.2 Å². The second-order valence-electron chi connectivity index (χ2n) is 4.63. The summed E-state index contributed by atoms with van der Waals surface area (Å²) in [6.45, 7) is 0.234. The average molecular weight is 270 g/mol. The molecule has 1 aliphatic carbocycles. The predicted molar refractivity (Wildman–Crippen MR) is 65.5 cm³/mol. The standard InChI is InChI=1S/C13H16F2N2O2/c14-10-3-9(5-16)4-11(15)13(10)19-7-12(18)17-6-8-1-2-8/h3-4,8H,1-2,5-7,16H2,(H,17,18). The fourth-order valence-electron chi connectivity index (χ4n) is 1.64. The normalized spacial score (nSPS) is 14.3. The zero-order chi connectivity index (χ0) is 13.8. The first kappa shape index (κ1) is 13.7. The maximum Gasteiger partial charge on any atom is 0.257 e. The van der Waals surface area contributed by atoms with Crippen LogP contribution in [0.4, 0.5) is 8.78 Å². The van der Waals surface area contributed by atoms with Gasteiger partial charge in [0, 0.05) is 13.1 Å². The molecule has 1 aromatic carbocycles. The van der Waals surface area contributed by atoms with Crippen LogP contribution in [0, 0.1) is 17.6 Å². The predicted octanol–water partition coefficient (Wildman–Crippen LogP) is 1.33. The lowest BCUT2D eigenvalue weighted by atomic mass is 10.2. The van der Waals surface area contributed by atoms with Crippen molar-refractivity contribution in [1.29, 1.82) is 0 Å². The van der Waals surface area contributed by atoms with Crippen LogP contribution in [0.2, 0.25) is 0 Å². The number of ether oxygens (including phenoxy) is 1. The monoisotopic (exact) mass is 270 g/mol. The Morgan fingerprint density at radius 1 is 1.37 bits per heavy atom. The zero-order valence-electron chi connectivity index (χ0n) is 10.4. The number of hydrogen-bond donors (Lipinski definition) is 2. The van der Waals surface area contributed by atoms with E-state index in [0.717, 1.165) is 25.0 Å². The fourth-order valence-corrected chi connectivity index (χ4v) is 1.64. The Labute approximate surface area is 109 Å². The number of nitrogens with one attached hydrogen (secondary N) is 1. The van der Waals surface area contributed by atoms with Crippen LogP contribution in [0.1, 0.15) is 18.4 Å². The van der Waals surface area contributed by atoms with Gasteiger partial charge in [0.15, 0.2) is 24.0 Å². The maximum absolute atomic E-state index is 13.5. The van der Waals surface area contributed by atoms with E-state index < -0.39 is 24.0 Å². The highest BCUT2D eigenvalue weighted by molar-refractivity contribution is 5.77. The summed E-state index contributed by atoms with van der Waals surface area (Å²) in [5.74, 6) is -2.08. The molecule has 0 aliphatic heterocycles. The quantitative estimate of drug-likeness (QED) is 0.819. The minimum atomic E-state index is -0.851. The number of amides is 1. The molecule has 0 radical (unpaired) electrons. The summed E-state index contributed by atoms with van der Waals surface area (Å²) in [6, 6.07) is 2.20. The van der Waals surface area contributed by atoms with Crippen molar-refractivity contribution >= 4 is 5.91 Å². The number of carbonyl (C=O) groups excluding carboxylic acids is 1. The SMILES string of the molecule is NCc1cc(F)c(OCC(=O)NCC2CC2)c(F)c1. The van der Waals surface area contributed by atoms with E-state index in [4.69, 9.17) is 10.5 Å². The molecule has 104 valence electrons. The van der Waals surface area contributed by atoms with Crippen molar-refractivity contribution in [1.82, 2.24) is 5.32 Å². The van der Waals surface area contributed by atoms with Crippen molar-refractivity contribution in [2.45, 2.75) is 19.4 Å². The molecule has 1 saturated carbocycles. The van der Waals surface area contributed by atoms with Crippen LogP contribution in [0.5, 0.6) is 5.75 Å². The van der Waals surface area contributed by atoms with Gasteiger partial charge in [-0.2, -0.15) is 0 Å². The third-order valence-corrected chi connectivity index (χ3v) is 2.93. The highest BCUT2D eigenvalue weighted by Crippen LogP contribution is 2.27. The van der Waals surface area contributed by atoms with E-state index in [1.807, 2.05) is 0 Å². The molecule has 0 saturated heterocycles. The molecule has 1 aliphatic rings. The molecular weight excluding hydrogens is 254 g/mol. The summed E-state index contributed by atoms with van der Waals surface area (Å²) in [5, 5.41) is 2.65. The smallest absolute Gasteiger partial charge is 0.257 e. The lowest BCUT2D eigenvalue weighted by molar-refractivity contribution is -0.123. The molecule has 6 heteroatoms. The molecule has 1 fully saturated rings. The van der Waals surface area contributed by atoms with Crippen molar-refractivity contribution < 1.29 is 18.3 Å². The van der Waals surface area contributed by atoms with Gasteiger partial charge >= 0.3 is 0 Å². The minimum absolute atomic E-state index is 0.0377. The Hall–Kier alpha value is -1.69. The molecular formula is C13H16F2N2O2. The van der Waals surface area contributed by atoms with Gasteiger partial charge < -0.3 is 15.8 Å². The highest BCUT2D eigenvalue weighted by Gasteiger charge is 2.22. The van der Waals surface area contributed by atoms with Gasteiger partial charge in [-0.05, 0) is 36.5 Å². The van der Waals surface area contributed by atoms with E-state index in [1.54, 1.807) is 0 Å². The molecule has 0 unspecified atom stereocenters. The number of rotatable bonds is 6. The lowest BCUT2D eigenvalue weighted by Crippen LogP contribution is -2.30. The summed E-state index contributed by atoms with van der Waals surface area (Å²) >= 11 is 0. The van der Waals surface area contributed by atoms with Gasteiger partial charge in [-0.3, -0.25) is 4.79 Å². The molecule has 0 atom stereocenters. The van der Waals surface area contributed by atoms with Gasteiger partial charge in [0.25, 0.3) is 5.91 Å². The Balaban J connectivity index is 1.89. The topological polar surface area (TPSA) is 64.3 Å². The second-order valence-corrected chi connectivity index (χ2v) is 4.63. The van der Waals surface area contributed by atoms with Crippen molar-refractivity contribution in [3.8, 4) is 5.75 Å². The molecule has 0 aromatic heterocycles. The molecule has 2 rings (SSSR count). The van der Waals surface area contributed by atoms with Crippen LogP contribution < -0.4 is 15.8 Å². The van der Waals surface area contributed by atoms with Gasteiger partial charge in [-0.25, -0.2) is 8.78 Å². The highest BCUT2D eigenvalue weighted by atomic mass is 19.1. The van der Waals surface area contributed by atoms with E-state index in [1.165, 1.54) is 0 Å². The zero-order valence-corrected chi connectivity index (χ0v) is 10.4. The van der Waals surface area contributed by atoms with Crippen LogP contribution in [0.25, 0.3) is 0 Å². The Morgan fingerprint density at radius 3 is 2.53 bits per heavy atom. The van der Waals surface area contributed by atoms with Gasteiger partial charge in [0.05, 0.1) is 0 Å². The van der Waals surface area contributed by atoms with Gasteiger partial charge in [-0.1, -0.05) is 0 Å². The van der Waals surface area contributed by atoms with E-state index >= 15 is 0 Å². The average Bonchev–Trinajstić information content (AvgIpc) is 3.19. The fraction of sp³-hybridized carbons (Fsp3) is 0.462. The Bertz CT molecular complexity index is 453. The molecule has 19 heavy (non-hydrogen) atoms. The van der Waals surface area contributed by atoms with Crippen molar-refractivity contribution in [3.05, 3.63) is 29.3 Å². The third-order valence-electron chi connectivity index (χ3n) is 2.93. The Kier molecular flexibility index (Phi) is 4.31. The van der Waals surface area contributed by atoms with Gasteiger partial charge in [0.1, 0.15) is 0 Å². The summed E-state index contributed by atoms with van der Waals surface area (Å²) in [5.41, 5.74) is 5.63. The number of nitrogens with two attached hydrogens (primary N) is 1. The molecule has 0 spiro atoms. The molecule has 0 heterocycles. The summed E-state index contributed by atoms with van der Waals surface area (Å²) in [4.78, 5) is 11.4. The van der Waals surface area contributed by atoms with Crippen molar-refractivity contribution in [2.24, 2.45) is 11.7 Å². The van der Waals surface area contributed by atoms with Crippen LogP contribution >= 0.6 is 0 Å². The summed E-state index contributed by atoms with van der Waals surface area (Å²) in [7, 11) is 0. The molecule has 3 N–H and O–H groups in total. The number of carbonyl (C=O) groups is 1. The first-order valence-electron chi connectivity index (χ1n) is 6.17. The molecule has 1 aromatic rings. The van der Waals surface area contributed by atoms with E-state index in [-0.39, 0.29) is 12.5 Å². The van der Waals surface area contributed by atoms with E-state index in [2.05, 4.69) is 5.32 Å². The first-order chi connectivity index (χ1) is 9.10. The van der Waals surface area contributed by atoms with Crippen LogP contribution in [-0.2, 0) is 11.3 Å². The van der Waals surface area contributed by atoms with Crippen LogP contribution in [-0.4, -0.2) is 19.1 Å². The number of benzene rings is 1. The van der Waals surface area contributed by atoms with E-state index in [0.29, 0.717) is 18.0 Å². The maximum atomic E-state index is 13.5. The minimum Gasteiger partial charge on any atom is -0.478 e. The molecule has 0 bridgehead atoms. The largest absolute Gasteiger partial charge is 0.478 e.